The van der Waals surface area contributed by atoms with E-state index in [1.54, 1.807) is 43.5 Å². The number of carbonyl (C=O) groups is 1. The summed E-state index contributed by atoms with van der Waals surface area (Å²) in [6.45, 7) is 1.70. The summed E-state index contributed by atoms with van der Waals surface area (Å²) in [5.74, 6) is -0.333. The highest BCUT2D eigenvalue weighted by Gasteiger charge is 2.24. The third kappa shape index (κ3) is 2.84. The number of ether oxygens (including phenoxy) is 1. The Kier molecular flexibility index (Phi) is 4.40. The van der Waals surface area contributed by atoms with Gasteiger partial charge in [-0.05, 0) is 30.7 Å². The summed E-state index contributed by atoms with van der Waals surface area (Å²) in [5.41, 5.74) is 1.73. The molecule has 28 heavy (non-hydrogen) atoms. The van der Waals surface area contributed by atoms with Crippen LogP contribution in [0.5, 0.6) is 0 Å². The Labute approximate surface area is 163 Å². The molecule has 0 radical (unpaired) electrons. The molecule has 0 saturated heterocycles. The zero-order valence-electron chi connectivity index (χ0n) is 14.9. The van der Waals surface area contributed by atoms with Gasteiger partial charge in [0.1, 0.15) is 6.33 Å². The number of esters is 1. The number of H-pyrrole nitrogens is 1. The minimum atomic E-state index is -0.587. The van der Waals surface area contributed by atoms with Crippen molar-refractivity contribution in [1.82, 2.24) is 24.7 Å². The number of aromatic amines is 1. The summed E-state index contributed by atoms with van der Waals surface area (Å²) in [5, 5.41) is 7.17. The fraction of sp³-hybridized carbons (Fsp3) is 0.105. The van der Waals surface area contributed by atoms with E-state index < -0.39 is 11.5 Å². The van der Waals surface area contributed by atoms with Crippen molar-refractivity contribution < 1.29 is 9.53 Å². The number of aromatic nitrogens is 5. The van der Waals surface area contributed by atoms with Crippen molar-refractivity contribution in [2.24, 2.45) is 0 Å². The maximum absolute atomic E-state index is 13.3. The van der Waals surface area contributed by atoms with E-state index in [4.69, 9.17) is 16.3 Å². The Bertz CT molecular complexity index is 1260. The van der Waals surface area contributed by atoms with E-state index in [-0.39, 0.29) is 16.9 Å². The minimum absolute atomic E-state index is 0.213. The molecule has 1 aromatic carbocycles. The third-order valence-corrected chi connectivity index (χ3v) is 4.59. The Hall–Kier alpha value is -3.52. The number of benzene rings is 1. The molecule has 9 heteroatoms. The Morgan fingerprint density at radius 2 is 2.11 bits per heavy atom. The van der Waals surface area contributed by atoms with Crippen LogP contribution in [0.4, 0.5) is 0 Å². The molecule has 0 bridgehead atoms. The molecule has 8 nitrogen and oxygen atoms in total. The van der Waals surface area contributed by atoms with Gasteiger partial charge in [0, 0.05) is 16.8 Å². The highest BCUT2D eigenvalue weighted by molar-refractivity contribution is 6.31. The molecule has 0 aliphatic carbocycles. The third-order valence-electron chi connectivity index (χ3n) is 4.35. The monoisotopic (exact) mass is 395 g/mol. The zero-order valence-corrected chi connectivity index (χ0v) is 15.7. The lowest BCUT2D eigenvalue weighted by molar-refractivity contribution is 0.0600. The number of rotatable bonds is 3. The molecule has 4 rings (SSSR count). The van der Waals surface area contributed by atoms with Crippen molar-refractivity contribution in [2.45, 2.75) is 6.92 Å². The molecule has 3 aromatic heterocycles. The van der Waals surface area contributed by atoms with Gasteiger partial charge in [0.2, 0.25) is 5.95 Å². The van der Waals surface area contributed by atoms with Crippen LogP contribution in [0.15, 0.2) is 47.7 Å². The van der Waals surface area contributed by atoms with Crippen molar-refractivity contribution in [1.29, 1.82) is 0 Å². The number of pyridine rings is 2. The molecular formula is C19H14ClN5O3. The van der Waals surface area contributed by atoms with E-state index >= 15 is 0 Å². The average molecular weight is 396 g/mol. The van der Waals surface area contributed by atoms with Crippen LogP contribution in [0.1, 0.15) is 16.1 Å². The largest absolute Gasteiger partial charge is 0.465 e. The molecule has 0 unspecified atom stereocenters. The van der Waals surface area contributed by atoms with Gasteiger partial charge in [-0.1, -0.05) is 23.7 Å². The van der Waals surface area contributed by atoms with Gasteiger partial charge in [0.15, 0.2) is 0 Å². The topological polar surface area (TPSA) is 103 Å². The van der Waals surface area contributed by atoms with Gasteiger partial charge in [-0.3, -0.25) is 14.3 Å². The van der Waals surface area contributed by atoms with Crippen LogP contribution < -0.4 is 5.56 Å². The number of methoxy groups -OCH3 is 1. The van der Waals surface area contributed by atoms with Crippen molar-refractivity contribution in [3.8, 4) is 17.1 Å². The zero-order chi connectivity index (χ0) is 19.8. The minimum Gasteiger partial charge on any atom is -0.465 e. The van der Waals surface area contributed by atoms with E-state index in [0.717, 1.165) is 0 Å². The van der Waals surface area contributed by atoms with Gasteiger partial charge < -0.3 is 4.74 Å². The first-order chi connectivity index (χ1) is 13.5. The number of nitrogens with one attached hydrogen (secondary N) is 1. The fourth-order valence-electron chi connectivity index (χ4n) is 3.16. The summed E-state index contributed by atoms with van der Waals surface area (Å²) in [4.78, 5) is 34.3. The van der Waals surface area contributed by atoms with Crippen LogP contribution in [-0.4, -0.2) is 37.8 Å². The standard InChI is InChI=1S/C19H14ClN5O3/c1-10-14(18(27)28-2)15(11-4-3-5-12(20)8-11)16-13(23-10)6-7-25(17(16)26)19-21-9-22-24-19/h3-9H,1-2H3,(H,21,22,24). The molecule has 0 saturated carbocycles. The van der Waals surface area contributed by atoms with E-state index in [9.17, 15) is 9.59 Å². The number of carbonyl (C=O) groups excluding carboxylic acids is 1. The second kappa shape index (κ2) is 6.90. The smallest absolute Gasteiger partial charge is 0.340 e. The van der Waals surface area contributed by atoms with Crippen LogP contribution in [-0.2, 0) is 4.74 Å². The van der Waals surface area contributed by atoms with Gasteiger partial charge in [0.25, 0.3) is 5.56 Å². The van der Waals surface area contributed by atoms with Gasteiger partial charge in [-0.2, -0.15) is 10.1 Å². The molecule has 0 amide bonds. The fourth-order valence-corrected chi connectivity index (χ4v) is 3.35. The first-order valence-electron chi connectivity index (χ1n) is 8.27. The SMILES string of the molecule is COC(=O)c1c(C)nc2ccn(-c3ncn[nH]3)c(=O)c2c1-c1cccc(Cl)c1. The highest BCUT2D eigenvalue weighted by Crippen LogP contribution is 2.33. The lowest BCUT2D eigenvalue weighted by Crippen LogP contribution is -2.21. The van der Waals surface area contributed by atoms with Crippen LogP contribution in [0.25, 0.3) is 28.0 Å². The summed E-state index contributed by atoms with van der Waals surface area (Å²) in [6.07, 6.45) is 2.86. The maximum atomic E-state index is 13.3. The van der Waals surface area contributed by atoms with E-state index in [1.807, 2.05) is 0 Å². The number of hydrogen-bond acceptors (Lipinski definition) is 6. The average Bonchev–Trinajstić information content (AvgIpc) is 3.21. The first kappa shape index (κ1) is 17.9. The Morgan fingerprint density at radius 3 is 2.79 bits per heavy atom. The predicted molar refractivity (Wildman–Crippen MR) is 104 cm³/mol. The maximum Gasteiger partial charge on any atom is 0.340 e. The quantitative estimate of drug-likeness (QED) is 0.535. The summed E-state index contributed by atoms with van der Waals surface area (Å²) in [6, 6.07) is 8.61. The van der Waals surface area contributed by atoms with Crippen LogP contribution in [0.2, 0.25) is 5.02 Å². The number of fused-ring (bicyclic) bond motifs is 1. The van der Waals surface area contributed by atoms with Crippen molar-refractivity contribution in [3.05, 3.63) is 69.5 Å². The Morgan fingerprint density at radius 1 is 1.29 bits per heavy atom. The first-order valence-corrected chi connectivity index (χ1v) is 8.65. The lowest BCUT2D eigenvalue weighted by atomic mass is 9.95. The Balaban J connectivity index is 2.19. The van der Waals surface area contributed by atoms with Crippen molar-refractivity contribution >= 4 is 28.5 Å². The van der Waals surface area contributed by atoms with Crippen molar-refractivity contribution in [2.75, 3.05) is 7.11 Å². The highest BCUT2D eigenvalue weighted by atomic mass is 35.5. The lowest BCUT2D eigenvalue weighted by Gasteiger charge is -2.15. The summed E-state index contributed by atoms with van der Waals surface area (Å²) < 4.78 is 6.26. The molecule has 0 aliphatic heterocycles. The molecule has 140 valence electrons. The van der Waals surface area contributed by atoms with Gasteiger partial charge in [-0.15, -0.1) is 0 Å². The molecule has 0 atom stereocenters. The number of aryl methyl sites for hydroxylation is 1. The molecule has 3 heterocycles. The van der Waals surface area contributed by atoms with Gasteiger partial charge >= 0.3 is 5.97 Å². The van der Waals surface area contributed by atoms with Crippen LogP contribution >= 0.6 is 11.6 Å². The normalized spacial score (nSPS) is 11.0. The number of nitrogens with zero attached hydrogens (tertiary/aromatic N) is 4. The van der Waals surface area contributed by atoms with Gasteiger partial charge in [0.05, 0.1) is 29.3 Å². The molecular weight excluding hydrogens is 382 g/mol. The van der Waals surface area contributed by atoms with E-state index in [1.165, 1.54) is 18.0 Å². The van der Waals surface area contributed by atoms with E-state index in [2.05, 4.69) is 20.2 Å². The molecule has 0 spiro atoms. The molecule has 1 N–H and O–H groups in total. The second-order valence-electron chi connectivity index (χ2n) is 6.01. The van der Waals surface area contributed by atoms with Gasteiger partial charge in [-0.25, -0.2) is 9.89 Å². The molecule has 0 aliphatic rings. The second-order valence-corrected chi connectivity index (χ2v) is 6.45. The summed E-state index contributed by atoms with van der Waals surface area (Å²) >= 11 is 6.17. The van der Waals surface area contributed by atoms with Crippen LogP contribution in [0.3, 0.4) is 0 Å². The predicted octanol–water partition coefficient (Wildman–Crippen LogP) is 2.92. The summed E-state index contributed by atoms with van der Waals surface area (Å²) in [7, 11) is 1.28. The number of hydrogen-bond donors (Lipinski definition) is 1. The number of halogens is 1. The molecule has 4 aromatic rings. The van der Waals surface area contributed by atoms with Crippen LogP contribution in [0, 0.1) is 6.92 Å². The molecule has 0 fully saturated rings. The van der Waals surface area contributed by atoms with Crippen molar-refractivity contribution in [3.63, 3.8) is 0 Å². The van der Waals surface area contributed by atoms with E-state index in [0.29, 0.717) is 27.4 Å².